The van der Waals surface area contributed by atoms with Crippen molar-refractivity contribution in [3.8, 4) is 17.1 Å². The van der Waals surface area contributed by atoms with Crippen LogP contribution < -0.4 is 10.5 Å². The van der Waals surface area contributed by atoms with Crippen LogP contribution >= 0.6 is 0 Å². The highest BCUT2D eigenvalue weighted by molar-refractivity contribution is 5.65. The highest BCUT2D eigenvalue weighted by Crippen LogP contribution is 2.33. The van der Waals surface area contributed by atoms with Crippen LogP contribution in [0.1, 0.15) is 32.2 Å². The van der Waals surface area contributed by atoms with Gasteiger partial charge in [-0.3, -0.25) is 4.68 Å². The Morgan fingerprint density at radius 3 is 2.50 bits per heavy atom. The third-order valence-electron chi connectivity index (χ3n) is 3.34. The number of ether oxygens (including phenoxy) is 1. The molecule has 108 valence electrons. The van der Waals surface area contributed by atoms with Gasteiger partial charge in [0.2, 0.25) is 0 Å². The van der Waals surface area contributed by atoms with Crippen molar-refractivity contribution < 1.29 is 4.74 Å². The molecule has 0 aliphatic heterocycles. The zero-order chi connectivity index (χ0) is 14.9. The molecule has 2 aromatic rings. The molecule has 0 saturated carbocycles. The largest absolute Gasteiger partial charge is 0.496 e. The van der Waals surface area contributed by atoms with Gasteiger partial charge in [-0.2, -0.15) is 5.10 Å². The number of nitrogens with zero attached hydrogens (tertiary/aromatic N) is 3. The van der Waals surface area contributed by atoms with Crippen molar-refractivity contribution in [1.82, 2.24) is 14.8 Å². The normalized spacial score (nSPS) is 11.7. The number of hydrogen-bond acceptors (Lipinski definition) is 4. The van der Waals surface area contributed by atoms with Crippen LogP contribution in [0.3, 0.4) is 0 Å². The quantitative estimate of drug-likeness (QED) is 0.932. The van der Waals surface area contributed by atoms with Gasteiger partial charge in [-0.15, -0.1) is 0 Å². The summed E-state index contributed by atoms with van der Waals surface area (Å²) in [6.07, 6.45) is 0. The monoisotopic (exact) mass is 274 g/mol. The van der Waals surface area contributed by atoms with Crippen molar-refractivity contribution in [1.29, 1.82) is 0 Å². The number of hydrogen-bond donors (Lipinski definition) is 1. The van der Waals surface area contributed by atoms with Crippen LogP contribution in [0.15, 0.2) is 18.2 Å². The van der Waals surface area contributed by atoms with Gasteiger partial charge in [-0.25, -0.2) is 4.98 Å². The Labute approximate surface area is 119 Å². The molecule has 20 heavy (non-hydrogen) atoms. The minimum Gasteiger partial charge on any atom is -0.496 e. The lowest BCUT2D eigenvalue weighted by molar-refractivity contribution is 0.415. The molecule has 5 nitrogen and oxygen atoms in total. The number of aromatic nitrogens is 3. The fraction of sp³-hybridized carbons (Fsp3) is 0.467. The molecule has 0 radical (unpaired) electrons. The lowest BCUT2D eigenvalue weighted by Crippen LogP contribution is -2.11. The van der Waals surface area contributed by atoms with Gasteiger partial charge in [0, 0.05) is 7.05 Å². The molecular weight excluding hydrogens is 252 g/mol. The van der Waals surface area contributed by atoms with E-state index < -0.39 is 0 Å². The molecule has 0 fully saturated rings. The van der Waals surface area contributed by atoms with E-state index in [1.54, 1.807) is 11.8 Å². The Bertz CT molecular complexity index is 611. The number of benzene rings is 1. The smallest absolute Gasteiger partial charge is 0.185 e. The molecule has 0 bridgehead atoms. The highest BCUT2D eigenvalue weighted by atomic mass is 16.5. The van der Waals surface area contributed by atoms with Crippen molar-refractivity contribution in [3.05, 3.63) is 29.6 Å². The first-order valence-corrected chi connectivity index (χ1v) is 6.65. The summed E-state index contributed by atoms with van der Waals surface area (Å²) < 4.78 is 7.14. The van der Waals surface area contributed by atoms with E-state index in [-0.39, 0.29) is 5.41 Å². The fourth-order valence-corrected chi connectivity index (χ4v) is 2.06. The van der Waals surface area contributed by atoms with Gasteiger partial charge in [0.05, 0.1) is 19.2 Å². The molecule has 1 aromatic heterocycles. The summed E-state index contributed by atoms with van der Waals surface area (Å²) in [6, 6.07) is 6.14. The average molecular weight is 274 g/mol. The summed E-state index contributed by atoms with van der Waals surface area (Å²) in [7, 11) is 3.50. The van der Waals surface area contributed by atoms with E-state index in [0.717, 1.165) is 17.1 Å². The Balaban J connectivity index is 2.58. The lowest BCUT2D eigenvalue weighted by Gasteiger charge is -2.20. The van der Waals surface area contributed by atoms with Crippen molar-refractivity contribution in [2.75, 3.05) is 7.11 Å². The third kappa shape index (κ3) is 2.67. The van der Waals surface area contributed by atoms with Crippen LogP contribution in [-0.4, -0.2) is 21.9 Å². The van der Waals surface area contributed by atoms with Gasteiger partial charge in [-0.05, 0) is 23.1 Å². The third-order valence-corrected chi connectivity index (χ3v) is 3.34. The molecule has 0 saturated heterocycles. The van der Waals surface area contributed by atoms with Crippen molar-refractivity contribution >= 4 is 0 Å². The Morgan fingerprint density at radius 2 is 2.00 bits per heavy atom. The zero-order valence-electron chi connectivity index (χ0n) is 12.8. The van der Waals surface area contributed by atoms with E-state index >= 15 is 0 Å². The van der Waals surface area contributed by atoms with E-state index in [1.807, 2.05) is 13.1 Å². The first-order valence-electron chi connectivity index (χ1n) is 6.65. The molecule has 1 heterocycles. The second-order valence-corrected chi connectivity index (χ2v) is 5.84. The highest BCUT2D eigenvalue weighted by Gasteiger charge is 2.19. The van der Waals surface area contributed by atoms with Crippen LogP contribution in [0.25, 0.3) is 11.4 Å². The molecule has 0 amide bonds. The first-order chi connectivity index (χ1) is 9.36. The van der Waals surface area contributed by atoms with Gasteiger partial charge in [0.25, 0.3) is 0 Å². The van der Waals surface area contributed by atoms with E-state index in [1.165, 1.54) is 5.56 Å². The van der Waals surface area contributed by atoms with Crippen LogP contribution in [0.2, 0.25) is 0 Å². The molecule has 2 N–H and O–H groups in total. The zero-order valence-corrected chi connectivity index (χ0v) is 12.8. The Kier molecular flexibility index (Phi) is 3.81. The summed E-state index contributed by atoms with van der Waals surface area (Å²) in [6.45, 7) is 6.89. The van der Waals surface area contributed by atoms with Crippen molar-refractivity contribution in [2.24, 2.45) is 12.8 Å². The van der Waals surface area contributed by atoms with Crippen molar-refractivity contribution in [2.45, 2.75) is 32.7 Å². The predicted molar refractivity (Wildman–Crippen MR) is 79.6 cm³/mol. The van der Waals surface area contributed by atoms with Gasteiger partial charge in [-0.1, -0.05) is 26.8 Å². The summed E-state index contributed by atoms with van der Waals surface area (Å²) in [5, 5.41) is 4.43. The summed E-state index contributed by atoms with van der Waals surface area (Å²) in [5.74, 6) is 2.17. The first kappa shape index (κ1) is 14.5. The minimum absolute atomic E-state index is 0.0620. The van der Waals surface area contributed by atoms with Crippen LogP contribution in [0, 0.1) is 0 Å². The SMILES string of the molecule is COc1ccc(C(C)(C)C)cc1-c1nc(CN)n(C)n1. The molecule has 1 aromatic carbocycles. The molecular formula is C15H22N4O. The molecule has 0 unspecified atom stereocenters. The molecule has 0 aliphatic rings. The maximum absolute atomic E-state index is 5.66. The van der Waals surface area contributed by atoms with E-state index in [2.05, 4.69) is 43.0 Å². The minimum atomic E-state index is 0.0620. The molecule has 5 heteroatoms. The fourth-order valence-electron chi connectivity index (χ4n) is 2.06. The van der Waals surface area contributed by atoms with Gasteiger partial charge >= 0.3 is 0 Å². The maximum Gasteiger partial charge on any atom is 0.185 e. The van der Waals surface area contributed by atoms with E-state index in [9.17, 15) is 0 Å². The Hall–Kier alpha value is -1.88. The molecule has 0 atom stereocenters. The van der Waals surface area contributed by atoms with Crippen molar-refractivity contribution in [3.63, 3.8) is 0 Å². The number of nitrogens with two attached hydrogens (primary N) is 1. The number of methoxy groups -OCH3 is 1. The molecule has 0 spiro atoms. The Morgan fingerprint density at radius 1 is 1.30 bits per heavy atom. The van der Waals surface area contributed by atoms with Crippen LogP contribution in [-0.2, 0) is 19.0 Å². The second kappa shape index (κ2) is 5.25. The molecule has 2 rings (SSSR count). The van der Waals surface area contributed by atoms with Gasteiger partial charge in [0.1, 0.15) is 11.6 Å². The standard InChI is InChI=1S/C15H22N4O/c1-15(2,3)10-6-7-12(20-5)11(8-10)14-17-13(9-16)19(4)18-14/h6-8H,9,16H2,1-5H3. The number of rotatable bonds is 3. The summed E-state index contributed by atoms with van der Waals surface area (Å²) in [5.41, 5.74) is 7.84. The molecule has 0 aliphatic carbocycles. The van der Waals surface area contributed by atoms with Crippen LogP contribution in [0.4, 0.5) is 0 Å². The van der Waals surface area contributed by atoms with E-state index in [4.69, 9.17) is 10.5 Å². The topological polar surface area (TPSA) is 66.0 Å². The van der Waals surface area contributed by atoms with E-state index in [0.29, 0.717) is 12.4 Å². The predicted octanol–water partition coefficient (Wildman–Crippen LogP) is 2.25. The average Bonchev–Trinajstić information content (AvgIpc) is 2.78. The summed E-state index contributed by atoms with van der Waals surface area (Å²) >= 11 is 0. The summed E-state index contributed by atoms with van der Waals surface area (Å²) in [4.78, 5) is 4.48. The van der Waals surface area contributed by atoms with Crippen LogP contribution in [0.5, 0.6) is 5.75 Å². The van der Waals surface area contributed by atoms with Gasteiger partial charge < -0.3 is 10.5 Å². The van der Waals surface area contributed by atoms with Gasteiger partial charge in [0.15, 0.2) is 5.82 Å². The maximum atomic E-state index is 5.66. The number of aryl methyl sites for hydroxylation is 1. The second-order valence-electron chi connectivity index (χ2n) is 5.84. The lowest BCUT2D eigenvalue weighted by atomic mass is 9.86.